The zero-order chi connectivity index (χ0) is 22.7. The number of hydrogen-bond donors (Lipinski definition) is 1. The minimum Gasteiger partial charge on any atom is -0.393 e. The molecule has 178 valence electrons. The minimum atomic E-state index is -0.0628. The molecule has 0 aromatic carbocycles. The number of hydrogen-bond acceptors (Lipinski definition) is 1. The molecule has 0 bridgehead atoms. The summed E-state index contributed by atoms with van der Waals surface area (Å²) >= 11 is 0. The van der Waals surface area contributed by atoms with Gasteiger partial charge in [0, 0.05) is 0 Å². The molecule has 0 radical (unpaired) electrons. The molecule has 31 heavy (non-hydrogen) atoms. The predicted octanol–water partition coefficient (Wildman–Crippen LogP) is 8.27. The molecule has 3 fully saturated rings. The highest BCUT2D eigenvalue weighted by atomic mass is 16.3. The van der Waals surface area contributed by atoms with Crippen LogP contribution in [-0.4, -0.2) is 11.2 Å². The Hall–Kier alpha value is -0.300. The summed E-state index contributed by atoms with van der Waals surface area (Å²) in [5, 5.41) is 10.6. The molecular formula is C30H52O. The van der Waals surface area contributed by atoms with Crippen LogP contribution in [0.5, 0.6) is 0 Å². The van der Waals surface area contributed by atoms with Gasteiger partial charge in [0.2, 0.25) is 0 Å². The lowest BCUT2D eigenvalue weighted by Gasteiger charge is -2.58. The maximum absolute atomic E-state index is 10.6. The molecule has 0 aromatic rings. The fraction of sp³-hybridized carbons (Fsp3) is 0.933. The number of allylic oxidation sites excluding steroid dienone is 2. The summed E-state index contributed by atoms with van der Waals surface area (Å²) < 4.78 is 0. The van der Waals surface area contributed by atoms with E-state index in [1.807, 2.05) is 11.1 Å². The molecule has 1 N–H and O–H groups in total. The molecule has 0 heterocycles. The summed E-state index contributed by atoms with van der Waals surface area (Å²) in [7, 11) is 0. The van der Waals surface area contributed by atoms with Gasteiger partial charge in [-0.1, -0.05) is 66.5 Å². The van der Waals surface area contributed by atoms with E-state index in [1.54, 1.807) is 0 Å². The standard InChI is InChI=1S/C30H52O/c1-18(2)17-19(3)20(4)21(5)24-11-12-26-23-9-10-25-22(6)28(31)14-16-30(25,8)27(23)13-15-29(24,26)7/h18-22,24-25,27-28,31H,9-17H2,1-8H3. The van der Waals surface area contributed by atoms with Gasteiger partial charge < -0.3 is 5.11 Å². The van der Waals surface area contributed by atoms with Crippen LogP contribution in [0.4, 0.5) is 0 Å². The lowest BCUT2D eigenvalue weighted by molar-refractivity contribution is -0.0782. The second kappa shape index (κ2) is 8.48. The minimum absolute atomic E-state index is 0.0628. The number of rotatable bonds is 5. The Kier molecular flexibility index (Phi) is 6.53. The lowest BCUT2D eigenvalue weighted by atomic mass is 9.47. The second-order valence-electron chi connectivity index (χ2n) is 13.6. The fourth-order valence-electron chi connectivity index (χ4n) is 9.67. The zero-order valence-electron chi connectivity index (χ0n) is 22.0. The molecule has 4 aliphatic carbocycles. The van der Waals surface area contributed by atoms with Crippen LogP contribution >= 0.6 is 0 Å². The van der Waals surface area contributed by atoms with Crippen molar-refractivity contribution in [3.63, 3.8) is 0 Å². The predicted molar refractivity (Wildman–Crippen MR) is 133 cm³/mol. The van der Waals surface area contributed by atoms with Gasteiger partial charge in [-0.3, -0.25) is 0 Å². The fourth-order valence-corrected chi connectivity index (χ4v) is 9.67. The Bertz CT molecular complexity index is 691. The highest BCUT2D eigenvalue weighted by molar-refractivity contribution is 5.35. The molecular weight excluding hydrogens is 376 g/mol. The van der Waals surface area contributed by atoms with E-state index in [1.165, 1.54) is 51.4 Å². The molecule has 0 aromatic heterocycles. The molecule has 4 rings (SSSR count). The molecule has 3 saturated carbocycles. The van der Waals surface area contributed by atoms with E-state index in [-0.39, 0.29) is 6.10 Å². The van der Waals surface area contributed by atoms with E-state index in [2.05, 4.69) is 55.4 Å². The monoisotopic (exact) mass is 428 g/mol. The molecule has 10 atom stereocenters. The van der Waals surface area contributed by atoms with Crippen LogP contribution in [0.15, 0.2) is 11.1 Å². The third-order valence-corrected chi connectivity index (χ3v) is 11.8. The highest BCUT2D eigenvalue weighted by Gasteiger charge is 2.57. The molecule has 10 unspecified atom stereocenters. The van der Waals surface area contributed by atoms with Gasteiger partial charge in [-0.15, -0.1) is 0 Å². The Balaban J connectivity index is 1.59. The van der Waals surface area contributed by atoms with Crippen molar-refractivity contribution in [3.8, 4) is 0 Å². The average molecular weight is 429 g/mol. The molecule has 0 aliphatic heterocycles. The van der Waals surface area contributed by atoms with E-state index in [0.29, 0.717) is 16.7 Å². The van der Waals surface area contributed by atoms with Gasteiger partial charge in [0.15, 0.2) is 0 Å². The van der Waals surface area contributed by atoms with Gasteiger partial charge in [-0.05, 0) is 116 Å². The van der Waals surface area contributed by atoms with Gasteiger partial charge in [-0.25, -0.2) is 0 Å². The first-order valence-corrected chi connectivity index (χ1v) is 13.9. The largest absolute Gasteiger partial charge is 0.393 e. The van der Waals surface area contributed by atoms with Crippen molar-refractivity contribution in [1.82, 2.24) is 0 Å². The van der Waals surface area contributed by atoms with Crippen molar-refractivity contribution in [3.05, 3.63) is 11.1 Å². The number of aliphatic hydroxyl groups is 1. The first-order chi connectivity index (χ1) is 14.5. The summed E-state index contributed by atoms with van der Waals surface area (Å²) in [5.41, 5.74) is 4.72. The molecule has 0 spiro atoms. The van der Waals surface area contributed by atoms with Crippen molar-refractivity contribution in [2.75, 3.05) is 0 Å². The Morgan fingerprint density at radius 1 is 0.935 bits per heavy atom. The zero-order valence-corrected chi connectivity index (χ0v) is 22.0. The van der Waals surface area contributed by atoms with E-state index in [0.717, 1.165) is 47.8 Å². The van der Waals surface area contributed by atoms with E-state index in [4.69, 9.17) is 0 Å². The molecule has 1 nitrogen and oxygen atoms in total. The van der Waals surface area contributed by atoms with Crippen molar-refractivity contribution >= 4 is 0 Å². The van der Waals surface area contributed by atoms with Crippen molar-refractivity contribution in [2.24, 2.45) is 58.2 Å². The third-order valence-electron chi connectivity index (χ3n) is 11.8. The highest BCUT2D eigenvalue weighted by Crippen LogP contribution is 2.66. The SMILES string of the molecule is CC(C)CC(C)C(C)C(C)C1CCC2=C3CCC4C(C)C(O)CCC4(C)C3CCC21C. The summed E-state index contributed by atoms with van der Waals surface area (Å²) in [6, 6.07) is 0. The Morgan fingerprint density at radius 2 is 1.65 bits per heavy atom. The number of aliphatic hydroxyl groups excluding tert-OH is 1. The van der Waals surface area contributed by atoms with E-state index >= 15 is 0 Å². The van der Waals surface area contributed by atoms with Gasteiger partial charge in [0.1, 0.15) is 0 Å². The lowest BCUT2D eigenvalue weighted by Crippen LogP contribution is -2.51. The van der Waals surface area contributed by atoms with Crippen LogP contribution in [0, 0.1) is 58.2 Å². The molecule has 0 amide bonds. The summed E-state index contributed by atoms with van der Waals surface area (Å²) in [6.07, 6.45) is 11.8. The van der Waals surface area contributed by atoms with Crippen LogP contribution in [-0.2, 0) is 0 Å². The van der Waals surface area contributed by atoms with Crippen molar-refractivity contribution < 1.29 is 5.11 Å². The van der Waals surface area contributed by atoms with Gasteiger partial charge in [-0.2, -0.15) is 0 Å². The van der Waals surface area contributed by atoms with E-state index < -0.39 is 0 Å². The van der Waals surface area contributed by atoms with Gasteiger partial charge in [0.05, 0.1) is 6.10 Å². The van der Waals surface area contributed by atoms with Gasteiger partial charge in [0.25, 0.3) is 0 Å². The Morgan fingerprint density at radius 3 is 2.32 bits per heavy atom. The second-order valence-corrected chi connectivity index (χ2v) is 13.6. The van der Waals surface area contributed by atoms with Crippen LogP contribution in [0.3, 0.4) is 0 Å². The third kappa shape index (κ3) is 3.77. The summed E-state index contributed by atoms with van der Waals surface area (Å²) in [5.74, 6) is 6.17. The quantitative estimate of drug-likeness (QED) is 0.437. The van der Waals surface area contributed by atoms with Gasteiger partial charge >= 0.3 is 0 Å². The van der Waals surface area contributed by atoms with Crippen LogP contribution in [0.25, 0.3) is 0 Å². The summed E-state index contributed by atoms with van der Waals surface area (Å²) in [6.45, 7) is 20.0. The van der Waals surface area contributed by atoms with E-state index in [9.17, 15) is 5.11 Å². The topological polar surface area (TPSA) is 20.2 Å². The average Bonchev–Trinajstić information content (AvgIpc) is 3.06. The first-order valence-electron chi connectivity index (χ1n) is 13.9. The first kappa shape index (κ1) is 23.8. The van der Waals surface area contributed by atoms with Crippen LogP contribution < -0.4 is 0 Å². The molecule has 4 aliphatic rings. The van der Waals surface area contributed by atoms with Crippen molar-refractivity contribution in [1.29, 1.82) is 0 Å². The molecule has 1 heteroatoms. The Labute approximate surface area is 193 Å². The maximum Gasteiger partial charge on any atom is 0.0568 e. The summed E-state index contributed by atoms with van der Waals surface area (Å²) in [4.78, 5) is 0. The smallest absolute Gasteiger partial charge is 0.0568 e. The van der Waals surface area contributed by atoms with Crippen LogP contribution in [0.2, 0.25) is 0 Å². The maximum atomic E-state index is 10.6. The van der Waals surface area contributed by atoms with Crippen molar-refractivity contribution in [2.45, 2.75) is 119 Å². The number of fused-ring (bicyclic) bond motifs is 4. The molecule has 0 saturated heterocycles. The van der Waals surface area contributed by atoms with Crippen LogP contribution in [0.1, 0.15) is 113 Å². The normalized spacial score (nSPS) is 45.7.